The maximum Gasteiger partial charge on any atom is 0.401 e. The smallest absolute Gasteiger partial charge is 0.355 e. The van der Waals surface area contributed by atoms with E-state index >= 15 is 0 Å². The molecule has 4 nitrogen and oxygen atoms in total. The average molecular weight is 496 g/mol. The van der Waals surface area contributed by atoms with Crippen LogP contribution >= 0.6 is 24.0 Å². The highest BCUT2D eigenvalue weighted by Crippen LogP contribution is 2.19. The number of halogens is 4. The summed E-state index contributed by atoms with van der Waals surface area (Å²) in [5, 5.41) is 3.17. The first-order chi connectivity index (χ1) is 12.4. The van der Waals surface area contributed by atoms with Crippen LogP contribution in [-0.4, -0.2) is 68.8 Å². The number of piperidine rings is 1. The minimum absolute atomic E-state index is 0. The number of hydrogen-bond acceptors (Lipinski definition) is 2. The summed E-state index contributed by atoms with van der Waals surface area (Å²) >= 11 is 0. The van der Waals surface area contributed by atoms with Crippen LogP contribution in [-0.2, 0) is 0 Å². The van der Waals surface area contributed by atoms with Crippen LogP contribution < -0.4 is 5.32 Å². The quantitative estimate of drug-likeness (QED) is 0.382. The summed E-state index contributed by atoms with van der Waals surface area (Å²) in [7, 11) is 3.18. The van der Waals surface area contributed by atoms with Crippen LogP contribution in [0.3, 0.4) is 0 Å². The van der Waals surface area contributed by atoms with Gasteiger partial charge in [0.15, 0.2) is 5.96 Å². The molecule has 1 aromatic rings. The second-order valence-corrected chi connectivity index (χ2v) is 6.53. The Morgan fingerprint density at radius 1 is 1.22 bits per heavy atom. The first-order valence-electron chi connectivity index (χ1n) is 8.83. The highest BCUT2D eigenvalue weighted by molar-refractivity contribution is 14.0. The molecule has 2 rings (SSSR count). The Hall–Kier alpha value is -1.29. The molecule has 1 N–H and O–H groups in total. The molecule has 8 heteroatoms. The van der Waals surface area contributed by atoms with Gasteiger partial charge in [-0.25, -0.2) is 0 Å². The van der Waals surface area contributed by atoms with Crippen molar-refractivity contribution in [2.45, 2.75) is 19.0 Å². The molecule has 0 radical (unpaired) electrons. The molecule has 1 aliphatic heterocycles. The first kappa shape index (κ1) is 23.7. The van der Waals surface area contributed by atoms with E-state index in [1.807, 2.05) is 18.2 Å². The zero-order valence-corrected chi connectivity index (χ0v) is 18.1. The van der Waals surface area contributed by atoms with E-state index < -0.39 is 12.7 Å². The fourth-order valence-electron chi connectivity index (χ4n) is 3.01. The molecule has 0 atom stereocenters. The van der Waals surface area contributed by atoms with Crippen molar-refractivity contribution in [1.29, 1.82) is 0 Å². The summed E-state index contributed by atoms with van der Waals surface area (Å²) in [5.41, 5.74) is 2.62. The number of benzene rings is 1. The fourth-order valence-corrected chi connectivity index (χ4v) is 3.01. The molecule has 1 heterocycles. The number of nitrogens with one attached hydrogen (secondary N) is 1. The first-order valence-corrected chi connectivity index (χ1v) is 8.83. The van der Waals surface area contributed by atoms with E-state index in [4.69, 9.17) is 0 Å². The molecule has 1 saturated heterocycles. The predicted octanol–water partition coefficient (Wildman–Crippen LogP) is 3.85. The standard InChI is InChI=1S/C19H27F3N4.HI/c1-23-18(24-10-13-25(2)15-19(20,21)22)26-11-8-17(9-12-26)14-16-6-4-3-5-7-16;/h3-7,14H,8-13,15H2,1-2H3,(H,23,24);1H. The van der Waals surface area contributed by atoms with Crippen molar-refractivity contribution >= 4 is 36.0 Å². The van der Waals surface area contributed by atoms with E-state index in [0.29, 0.717) is 13.1 Å². The van der Waals surface area contributed by atoms with Gasteiger partial charge in [-0.3, -0.25) is 9.89 Å². The third-order valence-corrected chi connectivity index (χ3v) is 4.31. The number of likely N-dealkylation sites (N-methyl/N-ethyl adjacent to an activating group) is 1. The van der Waals surface area contributed by atoms with Gasteiger partial charge < -0.3 is 10.2 Å². The zero-order valence-electron chi connectivity index (χ0n) is 15.8. The van der Waals surface area contributed by atoms with Gasteiger partial charge in [-0.1, -0.05) is 42.0 Å². The lowest BCUT2D eigenvalue weighted by Gasteiger charge is -2.32. The van der Waals surface area contributed by atoms with Gasteiger partial charge in [-0.2, -0.15) is 13.2 Å². The van der Waals surface area contributed by atoms with Crippen LogP contribution in [0.5, 0.6) is 0 Å². The van der Waals surface area contributed by atoms with Gasteiger partial charge >= 0.3 is 6.18 Å². The van der Waals surface area contributed by atoms with E-state index in [0.717, 1.165) is 31.9 Å². The maximum absolute atomic E-state index is 12.3. The van der Waals surface area contributed by atoms with Crippen LogP contribution in [0.15, 0.2) is 40.9 Å². The average Bonchev–Trinajstić information content (AvgIpc) is 2.59. The normalized spacial score (nSPS) is 15.6. The molecule has 1 aromatic carbocycles. The molecule has 1 aliphatic rings. The third kappa shape index (κ3) is 8.96. The van der Waals surface area contributed by atoms with Gasteiger partial charge in [0.1, 0.15) is 0 Å². The summed E-state index contributed by atoms with van der Waals surface area (Å²) in [5.74, 6) is 0.754. The van der Waals surface area contributed by atoms with Crippen LogP contribution in [0, 0.1) is 0 Å². The van der Waals surface area contributed by atoms with Gasteiger partial charge in [-0.05, 0) is 25.5 Å². The Labute approximate surface area is 176 Å². The van der Waals surface area contributed by atoms with Crippen molar-refractivity contribution in [3.63, 3.8) is 0 Å². The summed E-state index contributed by atoms with van der Waals surface area (Å²) in [6.45, 7) is 1.56. The number of nitrogens with zero attached hydrogens (tertiary/aromatic N) is 3. The van der Waals surface area contributed by atoms with Crippen molar-refractivity contribution in [3.05, 3.63) is 41.5 Å². The number of hydrogen-bond donors (Lipinski definition) is 1. The lowest BCUT2D eigenvalue weighted by molar-refractivity contribution is -0.142. The van der Waals surface area contributed by atoms with Gasteiger partial charge in [0, 0.05) is 33.2 Å². The number of likely N-dealkylation sites (tertiary alicyclic amines) is 1. The summed E-state index contributed by atoms with van der Waals surface area (Å²) in [6, 6.07) is 10.3. The van der Waals surface area contributed by atoms with Gasteiger partial charge in [0.2, 0.25) is 0 Å². The molecular weight excluding hydrogens is 468 g/mol. The second kappa shape index (κ2) is 11.5. The Morgan fingerprint density at radius 2 is 1.85 bits per heavy atom. The summed E-state index contributed by atoms with van der Waals surface area (Å²) in [6.07, 6.45) is -0.00243. The lowest BCUT2D eigenvalue weighted by atomic mass is 10.0. The van der Waals surface area contributed by atoms with Crippen LogP contribution in [0.4, 0.5) is 13.2 Å². The summed E-state index contributed by atoms with van der Waals surface area (Å²) in [4.78, 5) is 7.68. The molecule has 0 aromatic heterocycles. The van der Waals surface area contributed by atoms with Crippen LogP contribution in [0.1, 0.15) is 18.4 Å². The molecule has 0 saturated carbocycles. The SMILES string of the molecule is CN=C(NCCN(C)CC(F)(F)F)N1CCC(=Cc2ccccc2)CC1.I. The van der Waals surface area contributed by atoms with Crippen LogP contribution in [0.2, 0.25) is 0 Å². The molecule has 0 spiro atoms. The molecule has 152 valence electrons. The molecular formula is C19H28F3IN4. The van der Waals surface area contributed by atoms with Crippen molar-refractivity contribution < 1.29 is 13.2 Å². The number of alkyl halides is 3. The van der Waals surface area contributed by atoms with E-state index in [1.54, 1.807) is 7.05 Å². The highest BCUT2D eigenvalue weighted by atomic mass is 127. The number of guanidine groups is 1. The topological polar surface area (TPSA) is 30.9 Å². The second-order valence-electron chi connectivity index (χ2n) is 6.53. The predicted molar refractivity (Wildman–Crippen MR) is 116 cm³/mol. The van der Waals surface area contributed by atoms with E-state index in [-0.39, 0.29) is 24.0 Å². The van der Waals surface area contributed by atoms with Crippen molar-refractivity contribution in [2.24, 2.45) is 4.99 Å². The zero-order chi connectivity index (χ0) is 19.0. The van der Waals surface area contributed by atoms with E-state index in [9.17, 15) is 13.2 Å². The fraction of sp³-hybridized carbons (Fsp3) is 0.526. The monoisotopic (exact) mass is 496 g/mol. The minimum Gasteiger partial charge on any atom is -0.355 e. The van der Waals surface area contributed by atoms with Crippen LogP contribution in [0.25, 0.3) is 6.08 Å². The molecule has 0 amide bonds. The molecule has 0 aliphatic carbocycles. The number of aliphatic imine (C=N–C) groups is 1. The lowest BCUT2D eigenvalue weighted by Crippen LogP contribution is -2.46. The molecule has 0 unspecified atom stereocenters. The van der Waals surface area contributed by atoms with Gasteiger partial charge in [0.25, 0.3) is 0 Å². The maximum atomic E-state index is 12.3. The van der Waals surface area contributed by atoms with Crippen molar-refractivity contribution in [2.75, 3.05) is 46.8 Å². The molecule has 1 fully saturated rings. The Kier molecular flexibility index (Phi) is 10.1. The largest absolute Gasteiger partial charge is 0.401 e. The van der Waals surface area contributed by atoms with E-state index in [2.05, 4.69) is 33.4 Å². The van der Waals surface area contributed by atoms with Crippen molar-refractivity contribution in [3.8, 4) is 0 Å². The summed E-state index contributed by atoms with van der Waals surface area (Å²) < 4.78 is 37.0. The minimum atomic E-state index is -4.16. The Morgan fingerprint density at radius 3 is 2.41 bits per heavy atom. The molecule has 0 bridgehead atoms. The Balaban J connectivity index is 0.00000364. The Bertz CT molecular complexity index is 607. The van der Waals surface area contributed by atoms with Crippen molar-refractivity contribution in [1.82, 2.24) is 15.1 Å². The third-order valence-electron chi connectivity index (χ3n) is 4.31. The highest BCUT2D eigenvalue weighted by Gasteiger charge is 2.28. The van der Waals surface area contributed by atoms with E-state index in [1.165, 1.54) is 23.1 Å². The van der Waals surface area contributed by atoms with Gasteiger partial charge in [-0.15, -0.1) is 24.0 Å². The number of rotatable bonds is 5. The molecule has 27 heavy (non-hydrogen) atoms. The van der Waals surface area contributed by atoms with Gasteiger partial charge in [0.05, 0.1) is 6.54 Å².